The van der Waals surface area contributed by atoms with E-state index in [-0.39, 0.29) is 0 Å². The van der Waals surface area contributed by atoms with Crippen molar-refractivity contribution >= 4 is 29.2 Å². The number of hydrogen-bond donors (Lipinski definition) is 1. The van der Waals surface area contributed by atoms with Gasteiger partial charge in [0.15, 0.2) is 5.96 Å². The van der Waals surface area contributed by atoms with Crippen molar-refractivity contribution in [1.29, 1.82) is 0 Å². The first-order valence-corrected chi connectivity index (χ1v) is 11.0. The molecule has 0 aliphatic carbocycles. The Balaban J connectivity index is 1.27. The van der Waals surface area contributed by atoms with E-state index in [1.165, 1.54) is 17.7 Å². The van der Waals surface area contributed by atoms with Crippen molar-refractivity contribution in [1.82, 2.24) is 20.2 Å². The predicted octanol–water partition coefficient (Wildman–Crippen LogP) is 2.66. The van der Waals surface area contributed by atoms with Gasteiger partial charge in [-0.25, -0.2) is 9.97 Å². The predicted molar refractivity (Wildman–Crippen MR) is 124 cm³/mol. The fraction of sp³-hybridized carbons (Fsp3) is 0.500. The lowest BCUT2D eigenvalue weighted by molar-refractivity contribution is 0.367. The Bertz CT molecular complexity index is 865. The van der Waals surface area contributed by atoms with Gasteiger partial charge in [-0.05, 0) is 43.0 Å². The van der Waals surface area contributed by atoms with Crippen molar-refractivity contribution in [2.24, 2.45) is 10.9 Å². The highest BCUT2D eigenvalue weighted by atomic mass is 35.5. The molecule has 4 rings (SSSR count). The maximum atomic E-state index is 6.22. The average Bonchev–Trinajstić information content (AvgIpc) is 3.26. The van der Waals surface area contributed by atoms with Gasteiger partial charge in [0.25, 0.3) is 0 Å². The summed E-state index contributed by atoms with van der Waals surface area (Å²) < 4.78 is 0. The molecule has 2 saturated heterocycles. The topological polar surface area (TPSA) is 59.9 Å². The van der Waals surface area contributed by atoms with Gasteiger partial charge in [-0.1, -0.05) is 17.7 Å². The second-order valence-corrected chi connectivity index (χ2v) is 8.42. The van der Waals surface area contributed by atoms with Crippen LogP contribution >= 0.6 is 11.6 Å². The maximum Gasteiger partial charge on any atom is 0.225 e. The summed E-state index contributed by atoms with van der Waals surface area (Å²) in [4.78, 5) is 20.3. The van der Waals surface area contributed by atoms with Crippen molar-refractivity contribution in [3.8, 4) is 0 Å². The molecule has 2 aliphatic rings. The first kappa shape index (κ1) is 20.7. The van der Waals surface area contributed by atoms with E-state index in [1.54, 1.807) is 12.4 Å². The van der Waals surface area contributed by atoms with Gasteiger partial charge >= 0.3 is 0 Å². The SMILES string of the molecule is CN=C(NCC1CCN(c2cc(Cl)ccc2C)C1)N1CCN(c2ncccn2)CC1. The van der Waals surface area contributed by atoms with E-state index in [4.69, 9.17) is 11.6 Å². The molecular formula is C22H30ClN7. The van der Waals surface area contributed by atoms with E-state index in [0.29, 0.717) is 5.92 Å². The number of rotatable bonds is 4. The molecule has 1 aromatic heterocycles. The van der Waals surface area contributed by atoms with E-state index >= 15 is 0 Å². The normalized spacial score (nSPS) is 20.0. The Labute approximate surface area is 183 Å². The summed E-state index contributed by atoms with van der Waals surface area (Å²) in [7, 11) is 1.87. The van der Waals surface area contributed by atoms with E-state index in [1.807, 2.05) is 19.2 Å². The molecule has 0 saturated carbocycles. The van der Waals surface area contributed by atoms with Crippen LogP contribution in [0.25, 0.3) is 0 Å². The highest BCUT2D eigenvalue weighted by Crippen LogP contribution is 2.29. The summed E-state index contributed by atoms with van der Waals surface area (Å²) >= 11 is 6.22. The minimum Gasteiger partial charge on any atom is -0.371 e. The van der Waals surface area contributed by atoms with E-state index in [9.17, 15) is 0 Å². The lowest BCUT2D eigenvalue weighted by Gasteiger charge is -2.36. The molecule has 1 atom stereocenters. The van der Waals surface area contributed by atoms with Crippen molar-refractivity contribution < 1.29 is 0 Å². The number of anilines is 2. The smallest absolute Gasteiger partial charge is 0.225 e. The van der Waals surface area contributed by atoms with E-state index < -0.39 is 0 Å². The van der Waals surface area contributed by atoms with Crippen molar-refractivity contribution in [2.75, 3.05) is 62.7 Å². The number of benzene rings is 1. The number of aryl methyl sites for hydroxylation is 1. The van der Waals surface area contributed by atoms with Crippen LogP contribution in [0.5, 0.6) is 0 Å². The van der Waals surface area contributed by atoms with Gasteiger partial charge in [0.05, 0.1) is 0 Å². The van der Waals surface area contributed by atoms with Gasteiger partial charge < -0.3 is 20.0 Å². The summed E-state index contributed by atoms with van der Waals surface area (Å²) in [6, 6.07) is 8.00. The summed E-state index contributed by atoms with van der Waals surface area (Å²) in [5, 5.41) is 4.41. The molecule has 0 bridgehead atoms. The molecule has 160 valence electrons. The average molecular weight is 428 g/mol. The lowest BCUT2D eigenvalue weighted by Crippen LogP contribution is -2.53. The molecule has 2 aromatic rings. The largest absolute Gasteiger partial charge is 0.371 e. The first-order chi connectivity index (χ1) is 14.6. The fourth-order valence-electron chi connectivity index (χ4n) is 4.28. The van der Waals surface area contributed by atoms with Gasteiger partial charge in [-0.15, -0.1) is 0 Å². The minimum absolute atomic E-state index is 0.596. The molecule has 0 radical (unpaired) electrons. The molecule has 1 N–H and O–H groups in total. The molecule has 7 nitrogen and oxygen atoms in total. The summed E-state index contributed by atoms with van der Waals surface area (Å²) in [6.07, 6.45) is 4.77. The molecule has 8 heteroatoms. The van der Waals surface area contributed by atoms with Crippen LogP contribution < -0.4 is 15.1 Å². The molecular weight excluding hydrogens is 398 g/mol. The molecule has 1 aromatic carbocycles. The molecule has 1 unspecified atom stereocenters. The van der Waals surface area contributed by atoms with Gasteiger partial charge in [0.2, 0.25) is 5.95 Å². The van der Waals surface area contributed by atoms with Crippen LogP contribution in [0.3, 0.4) is 0 Å². The number of nitrogens with zero attached hydrogens (tertiary/aromatic N) is 6. The molecule has 2 fully saturated rings. The van der Waals surface area contributed by atoms with E-state index in [0.717, 1.165) is 62.7 Å². The summed E-state index contributed by atoms with van der Waals surface area (Å²) in [5.41, 5.74) is 2.54. The minimum atomic E-state index is 0.596. The molecule has 3 heterocycles. The standard InChI is InChI=1S/C22H30ClN7/c1-17-4-5-19(23)14-20(17)30-9-6-18(16-30)15-27-21(24-2)28-10-12-29(13-11-28)22-25-7-3-8-26-22/h3-5,7-8,14,18H,6,9-13,15-16H2,1-2H3,(H,24,27). The molecule has 2 aliphatic heterocycles. The zero-order valence-electron chi connectivity index (χ0n) is 17.8. The van der Waals surface area contributed by atoms with Crippen LogP contribution in [-0.4, -0.2) is 73.7 Å². The van der Waals surface area contributed by atoms with Crippen molar-refractivity contribution in [2.45, 2.75) is 13.3 Å². The number of guanidine groups is 1. The third-order valence-corrected chi connectivity index (χ3v) is 6.21. The monoisotopic (exact) mass is 427 g/mol. The quantitative estimate of drug-likeness (QED) is 0.598. The zero-order chi connectivity index (χ0) is 20.9. The number of aliphatic imine (C=N–C) groups is 1. The van der Waals surface area contributed by atoms with Crippen molar-refractivity contribution in [3.05, 3.63) is 47.2 Å². The highest BCUT2D eigenvalue weighted by molar-refractivity contribution is 6.30. The maximum absolute atomic E-state index is 6.22. The third kappa shape index (κ3) is 4.78. The Morgan fingerprint density at radius 2 is 1.90 bits per heavy atom. The number of halogens is 1. The molecule has 0 spiro atoms. The Morgan fingerprint density at radius 3 is 2.63 bits per heavy atom. The molecule has 30 heavy (non-hydrogen) atoms. The Hall–Kier alpha value is -2.54. The second kappa shape index (κ2) is 9.51. The van der Waals surface area contributed by atoms with Crippen molar-refractivity contribution in [3.63, 3.8) is 0 Å². The summed E-state index contributed by atoms with van der Waals surface area (Å²) in [5.74, 6) is 2.39. The van der Waals surface area contributed by atoms with Gasteiger partial charge in [0, 0.05) is 76.0 Å². The fourth-order valence-corrected chi connectivity index (χ4v) is 4.45. The number of nitrogens with one attached hydrogen (secondary N) is 1. The van der Waals surface area contributed by atoms with E-state index in [2.05, 4.69) is 54.0 Å². The highest BCUT2D eigenvalue weighted by Gasteiger charge is 2.26. The lowest BCUT2D eigenvalue weighted by atomic mass is 10.1. The number of piperazine rings is 1. The van der Waals surface area contributed by atoms with Crippen LogP contribution in [-0.2, 0) is 0 Å². The van der Waals surface area contributed by atoms with Crippen LogP contribution in [0.1, 0.15) is 12.0 Å². The number of aromatic nitrogens is 2. The third-order valence-electron chi connectivity index (χ3n) is 5.97. The Morgan fingerprint density at radius 1 is 1.13 bits per heavy atom. The Kier molecular flexibility index (Phi) is 6.57. The van der Waals surface area contributed by atoms with Crippen LogP contribution in [0.4, 0.5) is 11.6 Å². The second-order valence-electron chi connectivity index (χ2n) is 7.98. The van der Waals surface area contributed by atoms with Crippen LogP contribution in [0.15, 0.2) is 41.7 Å². The summed E-state index contributed by atoms with van der Waals surface area (Å²) in [6.45, 7) is 8.83. The van der Waals surface area contributed by atoms with Crippen LogP contribution in [0.2, 0.25) is 5.02 Å². The zero-order valence-corrected chi connectivity index (χ0v) is 18.5. The van der Waals surface area contributed by atoms with Crippen LogP contribution in [0, 0.1) is 12.8 Å². The van der Waals surface area contributed by atoms with Gasteiger partial charge in [0.1, 0.15) is 0 Å². The number of hydrogen-bond acceptors (Lipinski definition) is 5. The molecule has 0 amide bonds. The van der Waals surface area contributed by atoms with Gasteiger partial charge in [-0.3, -0.25) is 4.99 Å². The van der Waals surface area contributed by atoms with Gasteiger partial charge in [-0.2, -0.15) is 0 Å². The first-order valence-electron chi connectivity index (χ1n) is 10.6.